The molecule has 0 saturated carbocycles. The molecule has 3 rings (SSSR count). The first kappa shape index (κ1) is 13.2. The molecule has 0 fully saturated rings. The Kier molecular flexibility index (Phi) is 3.24. The quantitative estimate of drug-likeness (QED) is 0.750. The summed E-state index contributed by atoms with van der Waals surface area (Å²) in [6, 6.07) is 11.8. The number of nitrogens with two attached hydrogens (primary N) is 1. The van der Waals surface area contributed by atoms with Crippen molar-refractivity contribution in [2.75, 3.05) is 0 Å². The first-order valence-corrected chi connectivity index (χ1v) is 6.64. The number of furan rings is 1. The van der Waals surface area contributed by atoms with Crippen LogP contribution in [0.25, 0.3) is 11.0 Å². The fourth-order valence-corrected chi connectivity index (χ4v) is 2.54. The van der Waals surface area contributed by atoms with E-state index in [4.69, 9.17) is 21.8 Å². The summed E-state index contributed by atoms with van der Waals surface area (Å²) >= 11 is 5.80. The van der Waals surface area contributed by atoms with Crippen molar-refractivity contribution in [3.8, 4) is 0 Å². The Morgan fingerprint density at radius 1 is 1.20 bits per heavy atom. The second kappa shape index (κ2) is 4.93. The molecule has 0 aliphatic heterocycles. The van der Waals surface area contributed by atoms with E-state index in [1.54, 1.807) is 6.07 Å². The maximum atomic E-state index is 13.2. The lowest BCUT2D eigenvalue weighted by Crippen LogP contribution is -2.12. The lowest BCUT2D eigenvalue weighted by molar-refractivity contribution is 0.520. The molecule has 20 heavy (non-hydrogen) atoms. The van der Waals surface area contributed by atoms with Crippen LogP contribution in [0.15, 0.2) is 46.9 Å². The maximum absolute atomic E-state index is 13.2. The highest BCUT2D eigenvalue weighted by Crippen LogP contribution is 2.32. The van der Waals surface area contributed by atoms with Crippen LogP contribution in [0.1, 0.15) is 22.9 Å². The third-order valence-corrected chi connectivity index (χ3v) is 3.76. The molecular formula is C16H13ClFNO. The molecule has 0 aliphatic rings. The van der Waals surface area contributed by atoms with Crippen LogP contribution in [0.5, 0.6) is 0 Å². The van der Waals surface area contributed by atoms with Gasteiger partial charge < -0.3 is 10.2 Å². The number of hydrogen-bond acceptors (Lipinski definition) is 2. The van der Waals surface area contributed by atoms with Crippen LogP contribution in [0.4, 0.5) is 4.39 Å². The highest BCUT2D eigenvalue weighted by molar-refractivity contribution is 6.30. The number of hydrogen-bond donors (Lipinski definition) is 1. The molecule has 1 unspecified atom stereocenters. The minimum absolute atomic E-state index is 0.0618. The Balaban J connectivity index is 2.09. The van der Waals surface area contributed by atoms with E-state index in [-0.39, 0.29) is 5.02 Å². The number of benzene rings is 2. The Morgan fingerprint density at radius 3 is 2.65 bits per heavy atom. The highest BCUT2D eigenvalue weighted by atomic mass is 35.5. The summed E-state index contributed by atoms with van der Waals surface area (Å²) in [5.74, 6) is 0.220. The van der Waals surface area contributed by atoms with E-state index in [2.05, 4.69) is 0 Å². The van der Waals surface area contributed by atoms with Gasteiger partial charge in [0.05, 0.1) is 11.1 Å². The van der Waals surface area contributed by atoms with Crippen molar-refractivity contribution in [2.24, 2.45) is 5.73 Å². The van der Waals surface area contributed by atoms with E-state index in [1.165, 1.54) is 12.1 Å². The largest absolute Gasteiger partial charge is 0.459 e. The van der Waals surface area contributed by atoms with Crippen LogP contribution in [-0.2, 0) is 0 Å². The molecule has 2 N–H and O–H groups in total. The first-order valence-electron chi connectivity index (χ1n) is 6.26. The van der Waals surface area contributed by atoms with Gasteiger partial charge in [-0.1, -0.05) is 35.9 Å². The molecule has 3 aromatic rings. The Morgan fingerprint density at radius 2 is 1.95 bits per heavy atom. The topological polar surface area (TPSA) is 39.2 Å². The second-order valence-corrected chi connectivity index (χ2v) is 5.15. The van der Waals surface area contributed by atoms with Crippen molar-refractivity contribution in [3.63, 3.8) is 0 Å². The molecule has 2 aromatic carbocycles. The molecule has 1 aromatic heterocycles. The van der Waals surface area contributed by atoms with E-state index in [9.17, 15) is 4.39 Å². The molecule has 0 radical (unpaired) electrons. The van der Waals surface area contributed by atoms with Crippen LogP contribution in [0, 0.1) is 12.7 Å². The molecule has 0 bridgehead atoms. The normalized spacial score (nSPS) is 12.8. The van der Waals surface area contributed by atoms with Gasteiger partial charge in [-0.2, -0.15) is 0 Å². The molecule has 1 heterocycles. The predicted molar refractivity (Wildman–Crippen MR) is 78.4 cm³/mol. The van der Waals surface area contributed by atoms with Crippen LogP contribution < -0.4 is 5.73 Å². The van der Waals surface area contributed by atoms with Crippen molar-refractivity contribution < 1.29 is 8.81 Å². The highest BCUT2D eigenvalue weighted by Gasteiger charge is 2.19. The summed E-state index contributed by atoms with van der Waals surface area (Å²) in [7, 11) is 0. The monoisotopic (exact) mass is 289 g/mol. The van der Waals surface area contributed by atoms with Gasteiger partial charge in [0.2, 0.25) is 0 Å². The van der Waals surface area contributed by atoms with Gasteiger partial charge in [0.1, 0.15) is 17.2 Å². The van der Waals surface area contributed by atoms with Gasteiger partial charge in [-0.15, -0.1) is 0 Å². The lowest BCUT2D eigenvalue weighted by Gasteiger charge is -2.11. The number of aryl methyl sites for hydroxylation is 1. The zero-order chi connectivity index (χ0) is 14.3. The van der Waals surface area contributed by atoms with Crippen LogP contribution in [-0.4, -0.2) is 0 Å². The molecule has 102 valence electrons. The van der Waals surface area contributed by atoms with Crippen LogP contribution in [0.2, 0.25) is 5.02 Å². The fraction of sp³-hybridized carbons (Fsp3) is 0.125. The Bertz CT molecular complexity index is 781. The molecule has 0 amide bonds. The van der Waals surface area contributed by atoms with E-state index < -0.39 is 11.9 Å². The average molecular weight is 290 g/mol. The van der Waals surface area contributed by atoms with Gasteiger partial charge in [0.15, 0.2) is 0 Å². The zero-order valence-corrected chi connectivity index (χ0v) is 11.6. The summed E-state index contributed by atoms with van der Waals surface area (Å²) < 4.78 is 19.0. The van der Waals surface area contributed by atoms with Gasteiger partial charge in [0, 0.05) is 10.9 Å². The predicted octanol–water partition coefficient (Wildman–Crippen LogP) is 4.58. The molecule has 0 saturated heterocycles. The van der Waals surface area contributed by atoms with E-state index in [0.29, 0.717) is 5.76 Å². The van der Waals surface area contributed by atoms with Crippen molar-refractivity contribution >= 4 is 22.6 Å². The van der Waals surface area contributed by atoms with Gasteiger partial charge >= 0.3 is 0 Å². The first-order chi connectivity index (χ1) is 9.58. The van der Waals surface area contributed by atoms with E-state index in [1.807, 2.05) is 31.2 Å². The SMILES string of the molecule is Cc1c(C(N)c2ccc(F)c(Cl)c2)oc2ccccc12. The molecule has 2 nitrogen and oxygen atoms in total. The fourth-order valence-electron chi connectivity index (χ4n) is 2.35. The minimum atomic E-state index is -0.472. The van der Waals surface area contributed by atoms with E-state index >= 15 is 0 Å². The summed E-state index contributed by atoms with van der Waals surface area (Å²) in [6.45, 7) is 1.96. The second-order valence-electron chi connectivity index (χ2n) is 4.74. The molecule has 0 aliphatic carbocycles. The zero-order valence-electron chi connectivity index (χ0n) is 10.9. The molecular weight excluding hydrogens is 277 g/mol. The number of para-hydroxylation sites is 1. The lowest BCUT2D eigenvalue weighted by atomic mass is 10.0. The maximum Gasteiger partial charge on any atom is 0.141 e. The van der Waals surface area contributed by atoms with Gasteiger partial charge in [-0.3, -0.25) is 0 Å². The van der Waals surface area contributed by atoms with Crippen molar-refractivity contribution in [1.82, 2.24) is 0 Å². The molecule has 1 atom stereocenters. The standard InChI is InChI=1S/C16H13ClFNO/c1-9-11-4-2-3-5-14(11)20-16(9)15(19)10-6-7-13(18)12(17)8-10/h2-8,15H,19H2,1H3. The van der Waals surface area contributed by atoms with Crippen molar-refractivity contribution in [1.29, 1.82) is 0 Å². The van der Waals surface area contributed by atoms with Gasteiger partial charge in [-0.05, 0) is 30.7 Å². The molecule has 4 heteroatoms. The summed E-state index contributed by atoms with van der Waals surface area (Å²) in [4.78, 5) is 0. The summed E-state index contributed by atoms with van der Waals surface area (Å²) in [6.07, 6.45) is 0. The summed E-state index contributed by atoms with van der Waals surface area (Å²) in [5, 5.41) is 1.10. The molecule has 0 spiro atoms. The summed E-state index contributed by atoms with van der Waals surface area (Å²) in [5.41, 5.74) is 8.74. The Hall–Kier alpha value is -1.84. The Labute approximate surface area is 121 Å². The van der Waals surface area contributed by atoms with Crippen LogP contribution in [0.3, 0.4) is 0 Å². The van der Waals surface area contributed by atoms with Crippen molar-refractivity contribution in [2.45, 2.75) is 13.0 Å². The van der Waals surface area contributed by atoms with Gasteiger partial charge in [-0.25, -0.2) is 4.39 Å². The van der Waals surface area contributed by atoms with Crippen LogP contribution >= 0.6 is 11.6 Å². The number of halogens is 2. The number of rotatable bonds is 2. The minimum Gasteiger partial charge on any atom is -0.459 e. The third kappa shape index (κ3) is 2.09. The number of fused-ring (bicyclic) bond motifs is 1. The van der Waals surface area contributed by atoms with E-state index in [0.717, 1.165) is 22.1 Å². The smallest absolute Gasteiger partial charge is 0.141 e. The third-order valence-electron chi connectivity index (χ3n) is 3.47. The average Bonchev–Trinajstić information content (AvgIpc) is 2.79. The van der Waals surface area contributed by atoms with Crippen molar-refractivity contribution in [3.05, 3.63) is 70.2 Å². The van der Waals surface area contributed by atoms with Gasteiger partial charge in [0.25, 0.3) is 0 Å².